The molecule has 0 atom stereocenters. The Labute approximate surface area is 113 Å². The summed E-state index contributed by atoms with van der Waals surface area (Å²) in [6.07, 6.45) is -8.16. The molecule has 0 radical (unpaired) electrons. The smallest absolute Gasteiger partial charge is 0.289 e. The van der Waals surface area contributed by atoms with Crippen molar-refractivity contribution in [1.82, 2.24) is 4.90 Å². The molecule has 0 amide bonds. The molecule has 10 heteroatoms. The molecule has 2 aliphatic heterocycles. The molecular weight excluding hydrogens is 312 g/mol. The largest absolute Gasteiger partial charge is 0.443 e. The fraction of sp³-hybridized carbons (Fsp3) is 0.400. The molecule has 0 fully saturated rings. The monoisotopic (exact) mass is 317 g/mol. The number of amidine groups is 2. The molecule has 0 saturated heterocycles. The molecule has 0 spiro atoms. The molecule has 2 heterocycles. The van der Waals surface area contributed by atoms with Crippen LogP contribution in [0.5, 0.6) is 0 Å². The Kier molecular flexibility index (Phi) is 3.16. The zero-order valence-corrected chi connectivity index (χ0v) is 10.5. The first-order chi connectivity index (χ1) is 8.98. The average Bonchev–Trinajstić information content (AvgIpc) is 2.26. The van der Waals surface area contributed by atoms with E-state index in [-0.39, 0.29) is 5.03 Å². The van der Waals surface area contributed by atoms with Crippen LogP contribution in [0.15, 0.2) is 33.4 Å². The van der Waals surface area contributed by atoms with Crippen molar-refractivity contribution in [3.05, 3.63) is 23.4 Å². The van der Waals surface area contributed by atoms with E-state index in [1.54, 1.807) is 0 Å². The molecule has 0 aromatic rings. The van der Waals surface area contributed by atoms with Gasteiger partial charge in [0.15, 0.2) is 0 Å². The normalized spacial score (nSPS) is 22.0. The topological polar surface area (TPSA) is 28.0 Å². The molecule has 3 nitrogen and oxygen atoms in total. The van der Waals surface area contributed by atoms with E-state index in [1.807, 2.05) is 0 Å². The zero-order chi connectivity index (χ0) is 15.3. The Morgan fingerprint density at radius 1 is 1.05 bits per heavy atom. The van der Waals surface area contributed by atoms with E-state index in [0.29, 0.717) is 0 Å². The van der Waals surface area contributed by atoms with Crippen LogP contribution in [0.25, 0.3) is 0 Å². The molecule has 0 aromatic carbocycles. The number of fused-ring (bicyclic) bond motifs is 1. The van der Waals surface area contributed by atoms with Crippen molar-refractivity contribution in [3.63, 3.8) is 0 Å². The van der Waals surface area contributed by atoms with Gasteiger partial charge in [0.1, 0.15) is 11.7 Å². The van der Waals surface area contributed by atoms with Crippen LogP contribution in [0, 0.1) is 0 Å². The third kappa shape index (κ3) is 2.09. The molecule has 0 N–H and O–H groups in total. The SMILES string of the molecule is CC1=NC(C(F)(F)F)(C(F)(F)F)N=C2C=CC(Cl)=CN12. The van der Waals surface area contributed by atoms with E-state index >= 15 is 0 Å². The summed E-state index contributed by atoms with van der Waals surface area (Å²) in [5.74, 6) is -1.04. The zero-order valence-electron chi connectivity index (χ0n) is 9.72. The molecular formula is C10H6ClF6N3. The Balaban J connectivity index is 2.64. The highest BCUT2D eigenvalue weighted by Crippen LogP contribution is 2.48. The number of alkyl halides is 6. The van der Waals surface area contributed by atoms with Crippen molar-refractivity contribution >= 4 is 23.3 Å². The second-order valence-corrected chi connectivity index (χ2v) is 4.45. The van der Waals surface area contributed by atoms with Gasteiger partial charge in [-0.05, 0) is 19.1 Å². The third-order valence-corrected chi connectivity index (χ3v) is 2.85. The highest BCUT2D eigenvalue weighted by atomic mass is 35.5. The number of nitrogens with zero attached hydrogens (tertiary/aromatic N) is 3. The number of halogens is 7. The maximum absolute atomic E-state index is 12.9. The van der Waals surface area contributed by atoms with Gasteiger partial charge in [-0.15, -0.1) is 0 Å². The van der Waals surface area contributed by atoms with Gasteiger partial charge in [-0.3, -0.25) is 4.90 Å². The summed E-state index contributed by atoms with van der Waals surface area (Å²) in [5.41, 5.74) is -4.49. The minimum atomic E-state index is -5.70. The molecule has 2 aliphatic rings. The first kappa shape index (κ1) is 14.9. The average molecular weight is 318 g/mol. The van der Waals surface area contributed by atoms with Gasteiger partial charge in [0, 0.05) is 6.20 Å². The standard InChI is InChI=1S/C10H6ClF6N3/c1-5-18-8(9(12,13)14,10(15,16)17)19-7-3-2-6(11)4-20(5)7/h2-4H,1H3. The lowest BCUT2D eigenvalue weighted by molar-refractivity contribution is -0.292. The van der Waals surface area contributed by atoms with Crippen LogP contribution in [0.1, 0.15) is 6.92 Å². The van der Waals surface area contributed by atoms with Gasteiger partial charge in [0.2, 0.25) is 0 Å². The van der Waals surface area contributed by atoms with Crippen molar-refractivity contribution in [2.75, 3.05) is 0 Å². The van der Waals surface area contributed by atoms with E-state index < -0.39 is 29.7 Å². The fourth-order valence-corrected chi connectivity index (χ4v) is 1.87. The Morgan fingerprint density at radius 2 is 1.60 bits per heavy atom. The van der Waals surface area contributed by atoms with E-state index in [0.717, 1.165) is 30.2 Å². The van der Waals surface area contributed by atoms with Gasteiger partial charge in [0.25, 0.3) is 0 Å². The second kappa shape index (κ2) is 4.24. The van der Waals surface area contributed by atoms with Crippen LogP contribution in [-0.2, 0) is 0 Å². The quantitative estimate of drug-likeness (QED) is 0.628. The van der Waals surface area contributed by atoms with Crippen LogP contribution in [0.3, 0.4) is 0 Å². The van der Waals surface area contributed by atoms with Crippen LogP contribution in [-0.4, -0.2) is 34.6 Å². The number of allylic oxidation sites excluding steroid dienone is 2. The van der Waals surface area contributed by atoms with Crippen LogP contribution in [0.4, 0.5) is 26.3 Å². The van der Waals surface area contributed by atoms with E-state index in [1.165, 1.54) is 0 Å². The van der Waals surface area contributed by atoms with Crippen molar-refractivity contribution in [2.24, 2.45) is 9.98 Å². The van der Waals surface area contributed by atoms with Gasteiger partial charge in [-0.1, -0.05) is 11.6 Å². The summed E-state index contributed by atoms with van der Waals surface area (Å²) < 4.78 is 77.3. The summed E-state index contributed by atoms with van der Waals surface area (Å²) in [7, 11) is 0. The van der Waals surface area contributed by atoms with E-state index in [4.69, 9.17) is 11.6 Å². The molecule has 0 bridgehead atoms. The minimum Gasteiger partial charge on any atom is -0.289 e. The van der Waals surface area contributed by atoms with E-state index in [9.17, 15) is 26.3 Å². The third-order valence-electron chi connectivity index (χ3n) is 2.63. The molecule has 0 aliphatic carbocycles. The Morgan fingerprint density at radius 3 is 2.10 bits per heavy atom. The molecule has 20 heavy (non-hydrogen) atoms. The predicted molar refractivity (Wildman–Crippen MR) is 60.3 cm³/mol. The Hall–Kier alpha value is -1.51. The van der Waals surface area contributed by atoms with Gasteiger partial charge < -0.3 is 0 Å². The lowest BCUT2D eigenvalue weighted by Crippen LogP contribution is -2.58. The summed E-state index contributed by atoms with van der Waals surface area (Å²) in [6, 6.07) is 0. The Bertz CT molecular complexity index is 540. The number of hydrogen-bond donors (Lipinski definition) is 0. The van der Waals surface area contributed by atoms with Gasteiger partial charge in [-0.25, -0.2) is 9.98 Å². The summed E-state index contributed by atoms with van der Waals surface area (Å²) >= 11 is 5.63. The predicted octanol–water partition coefficient (Wildman–Crippen LogP) is 3.59. The maximum atomic E-state index is 12.9. The van der Waals surface area contributed by atoms with E-state index in [2.05, 4.69) is 9.98 Å². The van der Waals surface area contributed by atoms with Gasteiger partial charge in [-0.2, -0.15) is 26.3 Å². The molecule has 0 unspecified atom stereocenters. The first-order valence-corrected chi connectivity index (χ1v) is 5.50. The highest BCUT2D eigenvalue weighted by Gasteiger charge is 2.73. The van der Waals surface area contributed by atoms with Crippen molar-refractivity contribution in [1.29, 1.82) is 0 Å². The summed E-state index contributed by atoms with van der Waals surface area (Å²) in [4.78, 5) is 6.48. The van der Waals surface area contributed by atoms with Crippen LogP contribution in [0.2, 0.25) is 0 Å². The second-order valence-electron chi connectivity index (χ2n) is 4.01. The van der Waals surface area contributed by atoms with Crippen LogP contribution < -0.4 is 0 Å². The van der Waals surface area contributed by atoms with Crippen molar-refractivity contribution in [2.45, 2.75) is 24.9 Å². The van der Waals surface area contributed by atoms with Crippen LogP contribution >= 0.6 is 11.6 Å². The first-order valence-electron chi connectivity index (χ1n) is 5.12. The highest BCUT2D eigenvalue weighted by molar-refractivity contribution is 6.32. The minimum absolute atomic E-state index is 0.130. The summed E-state index contributed by atoms with van der Waals surface area (Å²) in [6.45, 7) is 1.01. The van der Waals surface area contributed by atoms with Crippen molar-refractivity contribution in [3.8, 4) is 0 Å². The number of rotatable bonds is 0. The number of hydrogen-bond acceptors (Lipinski definition) is 3. The lowest BCUT2D eigenvalue weighted by Gasteiger charge is -2.37. The lowest BCUT2D eigenvalue weighted by atomic mass is 10.1. The van der Waals surface area contributed by atoms with Gasteiger partial charge >= 0.3 is 18.0 Å². The molecule has 0 aromatic heterocycles. The number of aliphatic imine (C=N–C) groups is 2. The van der Waals surface area contributed by atoms with Crippen molar-refractivity contribution < 1.29 is 26.3 Å². The maximum Gasteiger partial charge on any atom is 0.443 e. The molecule has 0 saturated carbocycles. The molecule has 110 valence electrons. The van der Waals surface area contributed by atoms with Gasteiger partial charge in [0.05, 0.1) is 5.03 Å². The molecule has 2 rings (SSSR count). The fourth-order valence-electron chi connectivity index (χ4n) is 1.71. The summed E-state index contributed by atoms with van der Waals surface area (Å²) in [5, 5.41) is 0.130.